The van der Waals surface area contributed by atoms with E-state index in [4.69, 9.17) is 14.2 Å². The molecule has 16 heteroatoms. The molecule has 52 heavy (non-hydrogen) atoms. The highest BCUT2D eigenvalue weighted by Crippen LogP contribution is 2.30. The van der Waals surface area contributed by atoms with Gasteiger partial charge in [-0.1, -0.05) is 0 Å². The topological polar surface area (TPSA) is 194 Å². The Balaban J connectivity index is 1.18. The molecule has 3 aliphatic rings. The molecule has 6 amide bonds. The van der Waals surface area contributed by atoms with Crippen LogP contribution in [0.15, 0.2) is 54.6 Å². The highest BCUT2D eigenvalue weighted by atomic mass is 16.5. The van der Waals surface area contributed by atoms with Gasteiger partial charge >= 0.3 is 17.9 Å². The van der Waals surface area contributed by atoms with E-state index < -0.39 is 53.4 Å². The molecule has 0 atom stereocenters. The summed E-state index contributed by atoms with van der Waals surface area (Å²) < 4.78 is 15.2. The molecule has 0 N–H and O–H groups in total. The van der Waals surface area contributed by atoms with E-state index in [1.165, 1.54) is 75.4 Å². The van der Waals surface area contributed by atoms with E-state index >= 15 is 0 Å². The maximum atomic E-state index is 13.3. The van der Waals surface area contributed by atoms with Crippen molar-refractivity contribution in [3.05, 3.63) is 88.0 Å². The van der Waals surface area contributed by atoms with Crippen LogP contribution in [-0.2, 0) is 14.4 Å². The quantitative estimate of drug-likeness (QED) is 0.151. The van der Waals surface area contributed by atoms with Crippen LogP contribution in [0.1, 0.15) is 82.9 Å². The van der Waals surface area contributed by atoms with Crippen LogP contribution in [0.3, 0.4) is 0 Å². The Morgan fingerprint density at radius 3 is 0.942 bits per heavy atom. The number of amides is 6. The van der Waals surface area contributed by atoms with Gasteiger partial charge < -0.3 is 14.2 Å². The summed E-state index contributed by atoms with van der Waals surface area (Å²) >= 11 is 0. The van der Waals surface area contributed by atoms with Crippen molar-refractivity contribution >= 4 is 53.4 Å². The number of esters is 3. The number of nitrogens with zero attached hydrogens (tertiary/aromatic N) is 4. The summed E-state index contributed by atoms with van der Waals surface area (Å²) in [5, 5.41) is 0. The minimum atomic E-state index is -0.623. The standard InChI is InChI=1S/C36H30N4O12/c1-19(41)50-22-4-7-25-28(16-22)34(47)38(31(25)44)13-10-37(11-14-39-32(45)26-8-5-23(51-20(2)42)17-29(26)35(39)48)12-15-40-33(46)27-9-6-24(52-21(3)43)18-30(27)36(40)49/h4-9,16-18H,10-15H2,1-3H3. The van der Waals surface area contributed by atoms with Gasteiger partial charge in [0.15, 0.2) is 0 Å². The van der Waals surface area contributed by atoms with E-state index in [9.17, 15) is 43.2 Å². The lowest BCUT2D eigenvalue weighted by atomic mass is 10.1. The van der Waals surface area contributed by atoms with Crippen molar-refractivity contribution in [1.82, 2.24) is 19.6 Å². The van der Waals surface area contributed by atoms with Crippen molar-refractivity contribution in [3.8, 4) is 17.2 Å². The molecule has 0 aromatic heterocycles. The van der Waals surface area contributed by atoms with Crippen molar-refractivity contribution in [2.45, 2.75) is 20.8 Å². The average molecular weight is 711 g/mol. The monoisotopic (exact) mass is 710 g/mol. The van der Waals surface area contributed by atoms with Gasteiger partial charge in [0.1, 0.15) is 17.2 Å². The third kappa shape index (κ3) is 6.78. The zero-order valence-electron chi connectivity index (χ0n) is 28.1. The summed E-state index contributed by atoms with van der Waals surface area (Å²) in [4.78, 5) is 118. The highest BCUT2D eigenvalue weighted by molar-refractivity contribution is 6.23. The Morgan fingerprint density at radius 2 is 0.692 bits per heavy atom. The number of fused-ring (bicyclic) bond motifs is 3. The normalized spacial score (nSPS) is 14.7. The van der Waals surface area contributed by atoms with Crippen LogP contribution >= 0.6 is 0 Å². The second-order valence-electron chi connectivity index (χ2n) is 12.0. The van der Waals surface area contributed by atoms with Crippen LogP contribution in [0.4, 0.5) is 0 Å². The Hall–Kier alpha value is -6.55. The summed E-state index contributed by atoms with van der Waals surface area (Å²) in [7, 11) is 0. The first kappa shape index (κ1) is 35.3. The molecular weight excluding hydrogens is 680 g/mol. The Kier molecular flexibility index (Phi) is 9.49. The van der Waals surface area contributed by atoms with Crippen LogP contribution in [0, 0.1) is 0 Å². The lowest BCUT2D eigenvalue weighted by molar-refractivity contribution is -0.132. The van der Waals surface area contributed by atoms with E-state index in [2.05, 4.69) is 0 Å². The number of carbonyl (C=O) groups excluding carboxylic acids is 9. The van der Waals surface area contributed by atoms with Crippen LogP contribution in [0.2, 0.25) is 0 Å². The summed E-state index contributed by atoms with van der Waals surface area (Å²) in [6.07, 6.45) is 0. The molecular formula is C36H30N4O12. The number of benzene rings is 3. The molecule has 0 saturated carbocycles. The number of rotatable bonds is 12. The molecule has 0 bridgehead atoms. The maximum absolute atomic E-state index is 13.3. The van der Waals surface area contributed by atoms with Crippen LogP contribution in [-0.4, -0.2) is 112 Å². The van der Waals surface area contributed by atoms with Gasteiger partial charge in [0, 0.05) is 60.0 Å². The zero-order chi connectivity index (χ0) is 37.4. The second-order valence-corrected chi connectivity index (χ2v) is 12.0. The largest absolute Gasteiger partial charge is 0.427 e. The van der Waals surface area contributed by atoms with Gasteiger partial charge in [-0.3, -0.25) is 62.8 Å². The highest BCUT2D eigenvalue weighted by Gasteiger charge is 2.39. The minimum Gasteiger partial charge on any atom is -0.427 e. The molecule has 3 aromatic carbocycles. The smallest absolute Gasteiger partial charge is 0.308 e. The number of carbonyl (C=O) groups is 9. The number of imide groups is 3. The Labute approximate surface area is 295 Å². The maximum Gasteiger partial charge on any atom is 0.308 e. The van der Waals surface area contributed by atoms with Crippen molar-refractivity contribution < 1.29 is 57.4 Å². The SMILES string of the molecule is CC(=O)Oc1ccc2c(c1)C(=O)N(CCN(CCN1C(=O)c3ccc(OC(C)=O)cc3C1=O)CCN1C(=O)c3ccc(OC(C)=O)cc3C1=O)C2=O. The summed E-state index contributed by atoms with van der Waals surface area (Å²) in [6.45, 7) is 3.22. The molecule has 16 nitrogen and oxygen atoms in total. The molecule has 0 aliphatic carbocycles. The third-order valence-corrected chi connectivity index (χ3v) is 8.53. The van der Waals surface area contributed by atoms with E-state index in [1.54, 1.807) is 4.90 Å². The van der Waals surface area contributed by atoms with Crippen LogP contribution in [0.25, 0.3) is 0 Å². The fraction of sp³-hybridized carbons (Fsp3) is 0.250. The number of hydrogen-bond donors (Lipinski definition) is 0. The lowest BCUT2D eigenvalue weighted by Crippen LogP contribution is -2.45. The molecule has 0 saturated heterocycles. The minimum absolute atomic E-state index is 0.0157. The fourth-order valence-corrected chi connectivity index (χ4v) is 6.17. The van der Waals surface area contributed by atoms with E-state index in [-0.39, 0.29) is 89.9 Å². The van der Waals surface area contributed by atoms with Crippen molar-refractivity contribution in [2.24, 2.45) is 0 Å². The average Bonchev–Trinajstić information content (AvgIpc) is 3.57. The van der Waals surface area contributed by atoms with Gasteiger partial charge in [-0.15, -0.1) is 0 Å². The first-order valence-corrected chi connectivity index (χ1v) is 16.0. The van der Waals surface area contributed by atoms with E-state index in [1.807, 2.05) is 0 Å². The zero-order valence-corrected chi connectivity index (χ0v) is 28.1. The Morgan fingerprint density at radius 1 is 0.442 bits per heavy atom. The second kappa shape index (κ2) is 14.0. The summed E-state index contributed by atoms with van der Waals surface area (Å²) in [6, 6.07) is 12.3. The van der Waals surface area contributed by atoms with Gasteiger partial charge in [-0.2, -0.15) is 0 Å². The molecule has 0 unspecified atom stereocenters. The van der Waals surface area contributed by atoms with Gasteiger partial charge in [0.25, 0.3) is 35.4 Å². The van der Waals surface area contributed by atoms with E-state index in [0.29, 0.717) is 0 Å². The molecule has 6 rings (SSSR count). The molecule has 0 fully saturated rings. The first-order valence-electron chi connectivity index (χ1n) is 16.0. The molecule has 3 aromatic rings. The van der Waals surface area contributed by atoms with Gasteiger partial charge in [0.05, 0.1) is 33.4 Å². The van der Waals surface area contributed by atoms with Gasteiger partial charge in [-0.25, -0.2) is 0 Å². The fourth-order valence-electron chi connectivity index (χ4n) is 6.17. The van der Waals surface area contributed by atoms with Crippen molar-refractivity contribution in [1.29, 1.82) is 0 Å². The molecule has 266 valence electrons. The predicted molar refractivity (Wildman–Crippen MR) is 176 cm³/mol. The van der Waals surface area contributed by atoms with Gasteiger partial charge in [-0.05, 0) is 54.6 Å². The summed E-state index contributed by atoms with van der Waals surface area (Å²) in [5.74, 6) is -5.13. The third-order valence-electron chi connectivity index (χ3n) is 8.53. The summed E-state index contributed by atoms with van der Waals surface area (Å²) in [5.41, 5.74) is 0.498. The molecule has 3 heterocycles. The van der Waals surface area contributed by atoms with Crippen molar-refractivity contribution in [3.63, 3.8) is 0 Å². The van der Waals surface area contributed by atoms with Crippen LogP contribution in [0.5, 0.6) is 17.2 Å². The number of hydrogen-bond acceptors (Lipinski definition) is 13. The van der Waals surface area contributed by atoms with E-state index in [0.717, 1.165) is 14.7 Å². The van der Waals surface area contributed by atoms with Crippen LogP contribution < -0.4 is 14.2 Å². The number of ether oxygens (including phenoxy) is 3. The van der Waals surface area contributed by atoms with Crippen molar-refractivity contribution in [2.75, 3.05) is 39.3 Å². The molecule has 0 spiro atoms. The lowest BCUT2D eigenvalue weighted by Gasteiger charge is -2.28. The van der Waals surface area contributed by atoms with Gasteiger partial charge in [0.2, 0.25) is 0 Å². The Bertz CT molecular complexity index is 1890. The first-order chi connectivity index (χ1) is 24.7. The molecule has 3 aliphatic heterocycles. The molecule has 0 radical (unpaired) electrons. The predicted octanol–water partition coefficient (Wildman–Crippen LogP) is 1.95.